The Morgan fingerprint density at radius 2 is 2.22 bits per heavy atom. The highest BCUT2D eigenvalue weighted by Crippen LogP contribution is 2.24. The highest BCUT2D eigenvalue weighted by atomic mass is 16.2. The maximum absolute atomic E-state index is 12.7. The van der Waals surface area contributed by atoms with Gasteiger partial charge >= 0.3 is 0 Å². The molecule has 1 saturated heterocycles. The maximum Gasteiger partial charge on any atom is 0.247 e. The molecule has 2 aromatic rings. The topological polar surface area (TPSA) is 67.2 Å². The first-order valence-corrected chi connectivity index (χ1v) is 7.67. The van der Waals surface area contributed by atoms with Gasteiger partial charge in [0.25, 0.3) is 0 Å². The van der Waals surface area contributed by atoms with E-state index in [1.54, 1.807) is 9.58 Å². The van der Waals surface area contributed by atoms with Crippen molar-refractivity contribution in [3.63, 3.8) is 0 Å². The Bertz CT molecular complexity index is 738. The molecule has 120 valence electrons. The van der Waals surface area contributed by atoms with E-state index < -0.39 is 6.04 Å². The van der Waals surface area contributed by atoms with E-state index >= 15 is 0 Å². The van der Waals surface area contributed by atoms with Crippen LogP contribution in [0.5, 0.6) is 0 Å². The summed E-state index contributed by atoms with van der Waals surface area (Å²) in [5.74, 6) is -0.207. The van der Waals surface area contributed by atoms with Crippen molar-refractivity contribution < 1.29 is 9.59 Å². The number of carbonyl (C=O) groups excluding carboxylic acids is 2. The zero-order chi connectivity index (χ0) is 16.4. The Kier molecular flexibility index (Phi) is 4.14. The number of piperazine rings is 1. The summed E-state index contributed by atoms with van der Waals surface area (Å²) in [7, 11) is 1.82. The zero-order valence-electron chi connectivity index (χ0n) is 13.3. The number of nitrogens with zero attached hydrogens (tertiary/aromatic N) is 3. The normalized spacial score (nSPS) is 17.9. The van der Waals surface area contributed by atoms with Gasteiger partial charge in [-0.15, -0.1) is 0 Å². The van der Waals surface area contributed by atoms with Gasteiger partial charge in [-0.3, -0.25) is 14.3 Å². The lowest BCUT2D eigenvalue weighted by molar-refractivity contribution is -0.143. The van der Waals surface area contributed by atoms with Crippen LogP contribution in [0.3, 0.4) is 0 Å². The van der Waals surface area contributed by atoms with E-state index in [4.69, 9.17) is 0 Å². The molecule has 1 aromatic heterocycles. The molecular formula is C17H20N4O2. The van der Waals surface area contributed by atoms with Gasteiger partial charge in [-0.1, -0.05) is 29.8 Å². The first kappa shape index (κ1) is 15.3. The summed E-state index contributed by atoms with van der Waals surface area (Å²) < 4.78 is 1.67. The van der Waals surface area contributed by atoms with Crippen molar-refractivity contribution in [2.45, 2.75) is 19.4 Å². The number of hydrogen-bond donors (Lipinski definition) is 1. The number of benzene rings is 1. The molecule has 0 bridgehead atoms. The van der Waals surface area contributed by atoms with Gasteiger partial charge in [0.05, 0.1) is 12.1 Å². The van der Waals surface area contributed by atoms with Gasteiger partial charge in [-0.25, -0.2) is 0 Å². The van der Waals surface area contributed by atoms with Crippen LogP contribution < -0.4 is 5.32 Å². The molecule has 1 N–H and O–H groups in total. The van der Waals surface area contributed by atoms with Crippen molar-refractivity contribution in [3.05, 3.63) is 53.3 Å². The molecule has 0 aliphatic carbocycles. The Morgan fingerprint density at radius 3 is 2.91 bits per heavy atom. The first-order chi connectivity index (χ1) is 11.0. The van der Waals surface area contributed by atoms with Gasteiger partial charge in [0.15, 0.2) is 0 Å². The number of aromatic nitrogens is 2. The number of hydrogen-bond acceptors (Lipinski definition) is 3. The van der Waals surface area contributed by atoms with Crippen molar-refractivity contribution in [2.75, 3.05) is 13.1 Å². The van der Waals surface area contributed by atoms with Crippen LogP contribution >= 0.6 is 0 Å². The summed E-state index contributed by atoms with van der Waals surface area (Å²) in [6, 6.07) is 8.99. The summed E-state index contributed by atoms with van der Waals surface area (Å²) in [5.41, 5.74) is 2.63. The van der Waals surface area contributed by atoms with Gasteiger partial charge in [0.1, 0.15) is 6.04 Å². The number of carbonyl (C=O) groups is 2. The zero-order valence-corrected chi connectivity index (χ0v) is 13.3. The van der Waals surface area contributed by atoms with E-state index in [0.717, 1.165) is 11.1 Å². The number of rotatable bonds is 3. The van der Waals surface area contributed by atoms with E-state index in [9.17, 15) is 9.59 Å². The summed E-state index contributed by atoms with van der Waals surface area (Å²) in [4.78, 5) is 26.7. The average molecular weight is 312 g/mol. The molecule has 0 spiro atoms. The van der Waals surface area contributed by atoms with Crippen LogP contribution in [-0.2, 0) is 23.1 Å². The van der Waals surface area contributed by atoms with Crippen molar-refractivity contribution in [3.8, 4) is 0 Å². The molecule has 2 amide bonds. The van der Waals surface area contributed by atoms with E-state index in [1.165, 1.54) is 0 Å². The third-order valence-electron chi connectivity index (χ3n) is 3.99. The first-order valence-electron chi connectivity index (χ1n) is 7.67. The molecule has 6 heteroatoms. The van der Waals surface area contributed by atoms with E-state index in [1.807, 2.05) is 50.5 Å². The van der Waals surface area contributed by atoms with Gasteiger partial charge in [-0.2, -0.15) is 5.10 Å². The minimum absolute atomic E-state index is 0.0787. The molecular weight excluding hydrogens is 292 g/mol. The second-order valence-corrected chi connectivity index (χ2v) is 5.85. The lowest BCUT2D eigenvalue weighted by Crippen LogP contribution is -2.52. The van der Waals surface area contributed by atoms with Crippen LogP contribution in [0.25, 0.3) is 0 Å². The second-order valence-electron chi connectivity index (χ2n) is 5.85. The predicted molar refractivity (Wildman–Crippen MR) is 85.6 cm³/mol. The number of amides is 2. The molecule has 1 aromatic carbocycles. The molecule has 0 saturated carbocycles. The largest absolute Gasteiger partial charge is 0.352 e. The average Bonchev–Trinajstić information content (AvgIpc) is 2.92. The minimum Gasteiger partial charge on any atom is -0.352 e. The standard InChI is InChI=1S/C17H20N4O2/c1-12-4-3-5-13(10-12)16-17(23)18-7-9-21(16)15(22)11-14-6-8-20(2)19-14/h3-6,8,10,16H,7,9,11H2,1-2H3,(H,18,23). The summed E-state index contributed by atoms with van der Waals surface area (Å²) in [5, 5.41) is 7.10. The van der Waals surface area contributed by atoms with Crippen LogP contribution in [0.2, 0.25) is 0 Å². The third kappa shape index (κ3) is 3.26. The summed E-state index contributed by atoms with van der Waals surface area (Å²) >= 11 is 0. The fourth-order valence-electron chi connectivity index (χ4n) is 2.92. The van der Waals surface area contributed by atoms with Gasteiger partial charge < -0.3 is 10.2 Å². The number of aryl methyl sites for hydroxylation is 2. The predicted octanol–water partition coefficient (Wildman–Crippen LogP) is 0.971. The molecule has 1 aliphatic rings. The molecule has 1 aliphatic heterocycles. The van der Waals surface area contributed by atoms with Crippen molar-refractivity contribution >= 4 is 11.8 Å². The van der Waals surface area contributed by atoms with Crippen LogP contribution in [0.15, 0.2) is 36.5 Å². The van der Waals surface area contributed by atoms with Crippen LogP contribution in [0.4, 0.5) is 0 Å². The van der Waals surface area contributed by atoms with Crippen LogP contribution in [-0.4, -0.2) is 39.6 Å². The molecule has 23 heavy (non-hydrogen) atoms. The van der Waals surface area contributed by atoms with Crippen LogP contribution in [0.1, 0.15) is 22.9 Å². The fourth-order valence-corrected chi connectivity index (χ4v) is 2.92. The molecule has 3 rings (SSSR count). The lowest BCUT2D eigenvalue weighted by atomic mass is 10.00. The SMILES string of the molecule is Cc1cccc(C2C(=O)NCCN2C(=O)Cc2ccn(C)n2)c1. The third-order valence-corrected chi connectivity index (χ3v) is 3.99. The minimum atomic E-state index is -0.570. The van der Waals surface area contributed by atoms with Crippen molar-refractivity contribution in [1.29, 1.82) is 0 Å². The summed E-state index contributed by atoms with van der Waals surface area (Å²) in [6.07, 6.45) is 2.01. The van der Waals surface area contributed by atoms with Gasteiger partial charge in [0, 0.05) is 26.3 Å². The molecule has 0 radical (unpaired) electrons. The quantitative estimate of drug-likeness (QED) is 0.918. The molecule has 1 atom stereocenters. The van der Waals surface area contributed by atoms with Gasteiger partial charge in [-0.05, 0) is 18.6 Å². The van der Waals surface area contributed by atoms with Crippen molar-refractivity contribution in [2.24, 2.45) is 7.05 Å². The maximum atomic E-state index is 12.7. The van der Waals surface area contributed by atoms with Gasteiger partial charge in [0.2, 0.25) is 11.8 Å². The monoisotopic (exact) mass is 312 g/mol. The second kappa shape index (κ2) is 6.24. The van der Waals surface area contributed by atoms with Crippen LogP contribution in [0, 0.1) is 6.92 Å². The lowest BCUT2D eigenvalue weighted by Gasteiger charge is -2.35. The number of nitrogens with one attached hydrogen (secondary N) is 1. The highest BCUT2D eigenvalue weighted by Gasteiger charge is 2.34. The van der Waals surface area contributed by atoms with Crippen molar-refractivity contribution in [1.82, 2.24) is 20.0 Å². The Labute approximate surface area is 135 Å². The Balaban J connectivity index is 1.85. The molecule has 1 unspecified atom stereocenters. The Morgan fingerprint density at radius 1 is 1.39 bits per heavy atom. The van der Waals surface area contributed by atoms with E-state index in [0.29, 0.717) is 18.8 Å². The molecule has 1 fully saturated rings. The molecule has 6 nitrogen and oxygen atoms in total. The highest BCUT2D eigenvalue weighted by molar-refractivity contribution is 5.90. The van der Waals surface area contributed by atoms with E-state index in [-0.39, 0.29) is 18.2 Å². The molecule has 2 heterocycles. The fraction of sp³-hybridized carbons (Fsp3) is 0.353. The summed E-state index contributed by atoms with van der Waals surface area (Å²) in [6.45, 7) is 2.97. The van der Waals surface area contributed by atoms with E-state index in [2.05, 4.69) is 10.4 Å². The Hall–Kier alpha value is -2.63. The smallest absolute Gasteiger partial charge is 0.247 e.